The zero-order valence-electron chi connectivity index (χ0n) is 11.9. The van der Waals surface area contributed by atoms with Gasteiger partial charge in [0.25, 0.3) is 5.91 Å². The van der Waals surface area contributed by atoms with E-state index < -0.39 is 0 Å². The van der Waals surface area contributed by atoms with Gasteiger partial charge in [0.05, 0.1) is 0 Å². The van der Waals surface area contributed by atoms with E-state index in [2.05, 4.69) is 5.32 Å². The van der Waals surface area contributed by atoms with Crippen LogP contribution in [0.2, 0.25) is 0 Å². The second-order valence-corrected chi connectivity index (χ2v) is 4.92. The topological polar surface area (TPSA) is 55.1 Å². The van der Waals surface area contributed by atoms with Gasteiger partial charge in [-0.1, -0.05) is 42.5 Å². The van der Waals surface area contributed by atoms with Gasteiger partial charge in [-0.2, -0.15) is 0 Å². The van der Waals surface area contributed by atoms with Gasteiger partial charge >= 0.3 is 0 Å². The molecule has 0 atom stereocenters. The molecular formula is C17H20N2O. The Hall–Kier alpha value is -2.13. The van der Waals surface area contributed by atoms with Gasteiger partial charge in [-0.25, -0.2) is 0 Å². The minimum atomic E-state index is -0.0348. The van der Waals surface area contributed by atoms with Crippen LogP contribution in [0.25, 0.3) is 0 Å². The van der Waals surface area contributed by atoms with Crippen molar-refractivity contribution in [2.45, 2.75) is 26.9 Å². The summed E-state index contributed by atoms with van der Waals surface area (Å²) in [6.07, 6.45) is 0. The van der Waals surface area contributed by atoms with E-state index in [0.717, 1.165) is 27.8 Å². The number of rotatable bonds is 4. The summed E-state index contributed by atoms with van der Waals surface area (Å²) >= 11 is 0. The highest BCUT2D eigenvalue weighted by Gasteiger charge is 2.11. The second kappa shape index (κ2) is 6.35. The van der Waals surface area contributed by atoms with E-state index in [1.54, 1.807) is 0 Å². The molecular weight excluding hydrogens is 248 g/mol. The molecule has 0 saturated carbocycles. The molecule has 0 unspecified atom stereocenters. The summed E-state index contributed by atoms with van der Waals surface area (Å²) in [5, 5.41) is 2.98. The Balaban J connectivity index is 2.13. The lowest BCUT2D eigenvalue weighted by Gasteiger charge is -2.12. The first-order valence-corrected chi connectivity index (χ1v) is 6.74. The molecule has 3 N–H and O–H groups in total. The lowest BCUT2D eigenvalue weighted by atomic mass is 10.0. The van der Waals surface area contributed by atoms with Crippen LogP contribution in [-0.4, -0.2) is 5.91 Å². The van der Waals surface area contributed by atoms with Crippen LogP contribution in [0.15, 0.2) is 42.5 Å². The molecule has 0 fully saturated rings. The minimum Gasteiger partial charge on any atom is -0.348 e. The maximum Gasteiger partial charge on any atom is 0.252 e. The first-order chi connectivity index (χ1) is 9.63. The number of aryl methyl sites for hydroxylation is 2. The molecule has 3 nitrogen and oxygen atoms in total. The summed E-state index contributed by atoms with van der Waals surface area (Å²) in [5.41, 5.74) is 10.6. The number of hydrogen-bond acceptors (Lipinski definition) is 2. The van der Waals surface area contributed by atoms with Gasteiger partial charge < -0.3 is 11.1 Å². The zero-order valence-corrected chi connectivity index (χ0v) is 11.9. The van der Waals surface area contributed by atoms with Gasteiger partial charge in [-0.15, -0.1) is 0 Å². The van der Waals surface area contributed by atoms with Crippen LogP contribution in [-0.2, 0) is 13.1 Å². The fourth-order valence-corrected chi connectivity index (χ4v) is 2.37. The average molecular weight is 268 g/mol. The molecule has 2 aromatic rings. The fraction of sp³-hybridized carbons (Fsp3) is 0.235. The van der Waals surface area contributed by atoms with Crippen LogP contribution in [0.5, 0.6) is 0 Å². The van der Waals surface area contributed by atoms with Crippen molar-refractivity contribution in [3.8, 4) is 0 Å². The highest BCUT2D eigenvalue weighted by Crippen LogP contribution is 2.14. The number of hydrogen-bond donors (Lipinski definition) is 2. The number of amides is 1. The Morgan fingerprint density at radius 3 is 2.20 bits per heavy atom. The number of benzene rings is 2. The smallest absolute Gasteiger partial charge is 0.252 e. The van der Waals surface area contributed by atoms with Crippen LogP contribution in [0.4, 0.5) is 0 Å². The van der Waals surface area contributed by atoms with E-state index in [0.29, 0.717) is 13.1 Å². The first kappa shape index (κ1) is 14.3. The van der Waals surface area contributed by atoms with Crippen LogP contribution >= 0.6 is 0 Å². The molecule has 0 spiro atoms. The number of nitrogens with two attached hydrogens (primary N) is 1. The van der Waals surface area contributed by atoms with Crippen LogP contribution in [0.3, 0.4) is 0 Å². The molecule has 0 saturated heterocycles. The van der Waals surface area contributed by atoms with Crippen molar-refractivity contribution in [3.63, 3.8) is 0 Å². The Morgan fingerprint density at radius 1 is 1.00 bits per heavy atom. The Kier molecular flexibility index (Phi) is 4.53. The SMILES string of the molecule is Cc1cccc(C)c1C(=O)NCc1ccccc1CN. The summed E-state index contributed by atoms with van der Waals surface area (Å²) < 4.78 is 0. The van der Waals surface area contributed by atoms with E-state index in [1.165, 1.54) is 0 Å². The third kappa shape index (κ3) is 3.06. The predicted molar refractivity (Wildman–Crippen MR) is 81.4 cm³/mol. The van der Waals surface area contributed by atoms with E-state index >= 15 is 0 Å². The molecule has 0 aliphatic carbocycles. The molecule has 104 valence electrons. The Morgan fingerprint density at radius 2 is 1.60 bits per heavy atom. The maximum atomic E-state index is 12.3. The predicted octanol–water partition coefficient (Wildman–Crippen LogP) is 2.69. The Bertz CT molecular complexity index is 600. The van der Waals surface area contributed by atoms with Gasteiger partial charge in [0.1, 0.15) is 0 Å². The molecule has 0 bridgehead atoms. The third-order valence-corrected chi connectivity index (χ3v) is 3.49. The standard InChI is InChI=1S/C17H20N2O/c1-12-6-5-7-13(2)16(12)17(20)19-11-15-9-4-3-8-14(15)10-18/h3-9H,10-11,18H2,1-2H3,(H,19,20). The second-order valence-electron chi connectivity index (χ2n) is 4.92. The summed E-state index contributed by atoms with van der Waals surface area (Å²) in [4.78, 5) is 12.3. The summed E-state index contributed by atoms with van der Waals surface area (Å²) in [5.74, 6) is -0.0348. The normalized spacial score (nSPS) is 10.3. The highest BCUT2D eigenvalue weighted by molar-refractivity contribution is 5.97. The van der Waals surface area contributed by atoms with Gasteiger partial charge in [-0.3, -0.25) is 4.79 Å². The molecule has 0 radical (unpaired) electrons. The van der Waals surface area contributed by atoms with Crippen molar-refractivity contribution >= 4 is 5.91 Å². The van der Waals surface area contributed by atoms with E-state index in [4.69, 9.17) is 5.73 Å². The van der Waals surface area contributed by atoms with Crippen molar-refractivity contribution in [1.29, 1.82) is 0 Å². The van der Waals surface area contributed by atoms with E-state index in [9.17, 15) is 4.79 Å². The van der Waals surface area contributed by atoms with Gasteiger partial charge in [0.2, 0.25) is 0 Å². The van der Waals surface area contributed by atoms with Crippen molar-refractivity contribution in [2.75, 3.05) is 0 Å². The molecule has 0 aliphatic heterocycles. The maximum absolute atomic E-state index is 12.3. The van der Waals surface area contributed by atoms with Crippen molar-refractivity contribution in [1.82, 2.24) is 5.32 Å². The molecule has 0 heterocycles. The van der Waals surface area contributed by atoms with E-state index in [1.807, 2.05) is 56.3 Å². The molecule has 0 aliphatic rings. The zero-order chi connectivity index (χ0) is 14.5. The van der Waals surface area contributed by atoms with Gasteiger partial charge in [0.15, 0.2) is 0 Å². The summed E-state index contributed by atoms with van der Waals surface area (Å²) in [6.45, 7) is 4.89. The number of nitrogens with one attached hydrogen (secondary N) is 1. The van der Waals surface area contributed by atoms with Crippen LogP contribution < -0.4 is 11.1 Å². The third-order valence-electron chi connectivity index (χ3n) is 3.49. The molecule has 2 aromatic carbocycles. The molecule has 3 heteroatoms. The summed E-state index contributed by atoms with van der Waals surface area (Å²) in [6, 6.07) is 13.8. The largest absolute Gasteiger partial charge is 0.348 e. The lowest BCUT2D eigenvalue weighted by molar-refractivity contribution is 0.0949. The minimum absolute atomic E-state index is 0.0348. The highest BCUT2D eigenvalue weighted by atomic mass is 16.1. The van der Waals surface area contributed by atoms with E-state index in [-0.39, 0.29) is 5.91 Å². The lowest BCUT2D eigenvalue weighted by Crippen LogP contribution is -2.25. The number of carbonyl (C=O) groups excluding carboxylic acids is 1. The monoisotopic (exact) mass is 268 g/mol. The summed E-state index contributed by atoms with van der Waals surface area (Å²) in [7, 11) is 0. The first-order valence-electron chi connectivity index (χ1n) is 6.74. The molecule has 20 heavy (non-hydrogen) atoms. The molecule has 0 aromatic heterocycles. The van der Waals surface area contributed by atoms with Crippen molar-refractivity contribution in [2.24, 2.45) is 5.73 Å². The number of carbonyl (C=O) groups is 1. The molecule has 1 amide bonds. The van der Waals surface area contributed by atoms with Gasteiger partial charge in [-0.05, 0) is 36.1 Å². The molecule has 2 rings (SSSR count). The van der Waals surface area contributed by atoms with Crippen LogP contribution in [0.1, 0.15) is 32.6 Å². The quantitative estimate of drug-likeness (QED) is 0.895. The van der Waals surface area contributed by atoms with Gasteiger partial charge in [0, 0.05) is 18.7 Å². The van der Waals surface area contributed by atoms with Crippen LogP contribution in [0, 0.1) is 13.8 Å². The fourth-order valence-electron chi connectivity index (χ4n) is 2.37. The van der Waals surface area contributed by atoms with Crippen molar-refractivity contribution in [3.05, 3.63) is 70.3 Å². The average Bonchev–Trinajstić information content (AvgIpc) is 2.45. The van der Waals surface area contributed by atoms with Crippen molar-refractivity contribution < 1.29 is 4.79 Å². The Labute approximate surface area is 119 Å².